The van der Waals surface area contributed by atoms with E-state index in [1.807, 2.05) is 6.07 Å². The van der Waals surface area contributed by atoms with Crippen molar-refractivity contribution in [3.8, 4) is 0 Å². The fourth-order valence-corrected chi connectivity index (χ4v) is 6.64. The summed E-state index contributed by atoms with van der Waals surface area (Å²) < 4.78 is 27.3. The Hall–Kier alpha value is -2.23. The first kappa shape index (κ1) is 21.0. The van der Waals surface area contributed by atoms with Crippen LogP contribution in [-0.2, 0) is 22.9 Å². The number of aryl methyl sites for hydroxylation is 3. The number of nitrogens with zero attached hydrogens (tertiary/aromatic N) is 1. The molecule has 1 aromatic carbocycles. The fourth-order valence-electron chi connectivity index (χ4n) is 3.94. The molecule has 2 aliphatic rings. The van der Waals surface area contributed by atoms with Gasteiger partial charge in [0.2, 0.25) is 10.0 Å². The van der Waals surface area contributed by atoms with Crippen LogP contribution >= 0.6 is 11.3 Å². The zero-order chi connectivity index (χ0) is 21.3. The van der Waals surface area contributed by atoms with E-state index in [4.69, 9.17) is 0 Å². The highest BCUT2D eigenvalue weighted by atomic mass is 32.2. The maximum absolute atomic E-state index is 12.9. The summed E-state index contributed by atoms with van der Waals surface area (Å²) in [6.45, 7) is 2.73. The van der Waals surface area contributed by atoms with Gasteiger partial charge in [0.15, 0.2) is 0 Å². The summed E-state index contributed by atoms with van der Waals surface area (Å²) >= 11 is 1.45. The van der Waals surface area contributed by atoms with Crippen molar-refractivity contribution < 1.29 is 18.0 Å². The van der Waals surface area contributed by atoms with Crippen molar-refractivity contribution in [3.63, 3.8) is 0 Å². The Bertz CT molecular complexity index is 1060. The molecule has 30 heavy (non-hydrogen) atoms. The lowest BCUT2D eigenvalue weighted by Gasteiger charge is -2.26. The molecule has 2 aromatic rings. The minimum atomic E-state index is -3.64. The molecule has 0 saturated carbocycles. The van der Waals surface area contributed by atoms with Crippen LogP contribution in [0.4, 0.5) is 0 Å². The SMILES string of the molecule is Cc1ccc(S(=O)(=O)N2CCCCC2)cc1C(=O)NNC(=O)c1cc2c(s1)CCC2. The van der Waals surface area contributed by atoms with Crippen LogP contribution in [0, 0.1) is 6.92 Å². The Kier molecular flexibility index (Phi) is 5.95. The number of amides is 2. The monoisotopic (exact) mass is 447 g/mol. The third-order valence-electron chi connectivity index (χ3n) is 5.67. The molecule has 2 heterocycles. The van der Waals surface area contributed by atoms with Crippen molar-refractivity contribution in [1.82, 2.24) is 15.2 Å². The van der Waals surface area contributed by atoms with E-state index >= 15 is 0 Å². The van der Waals surface area contributed by atoms with Gasteiger partial charge in [0.25, 0.3) is 11.8 Å². The third kappa shape index (κ3) is 4.14. The van der Waals surface area contributed by atoms with Crippen LogP contribution in [0.1, 0.15) is 61.7 Å². The largest absolute Gasteiger partial charge is 0.279 e. The average Bonchev–Trinajstić information content (AvgIpc) is 3.35. The maximum Gasteiger partial charge on any atom is 0.279 e. The summed E-state index contributed by atoms with van der Waals surface area (Å²) in [6, 6.07) is 6.42. The van der Waals surface area contributed by atoms with Gasteiger partial charge in [0.05, 0.1) is 9.77 Å². The second kappa shape index (κ2) is 8.49. The Morgan fingerprint density at radius 2 is 1.70 bits per heavy atom. The average molecular weight is 448 g/mol. The van der Waals surface area contributed by atoms with Crippen LogP contribution in [-0.4, -0.2) is 37.6 Å². The molecule has 1 aliphatic carbocycles. The van der Waals surface area contributed by atoms with Crippen molar-refractivity contribution in [2.24, 2.45) is 0 Å². The molecule has 1 fully saturated rings. The molecule has 4 rings (SSSR count). The minimum absolute atomic E-state index is 0.0983. The summed E-state index contributed by atoms with van der Waals surface area (Å²) in [7, 11) is -3.64. The number of carbonyl (C=O) groups excluding carboxylic acids is 2. The molecular weight excluding hydrogens is 422 g/mol. The normalized spacial score (nSPS) is 16.8. The molecule has 2 N–H and O–H groups in total. The molecule has 1 aromatic heterocycles. The van der Waals surface area contributed by atoms with Gasteiger partial charge in [-0.1, -0.05) is 12.5 Å². The van der Waals surface area contributed by atoms with E-state index in [-0.39, 0.29) is 16.4 Å². The van der Waals surface area contributed by atoms with E-state index in [9.17, 15) is 18.0 Å². The summed E-state index contributed by atoms with van der Waals surface area (Å²) in [5, 5.41) is 0. The molecule has 7 nitrogen and oxygen atoms in total. The molecule has 0 spiro atoms. The molecule has 0 atom stereocenters. The van der Waals surface area contributed by atoms with Crippen LogP contribution < -0.4 is 10.9 Å². The first-order chi connectivity index (χ1) is 14.4. The third-order valence-corrected chi connectivity index (χ3v) is 8.80. The molecule has 1 saturated heterocycles. The highest BCUT2D eigenvalue weighted by Gasteiger charge is 2.27. The standard InChI is InChI=1S/C21H25N3O4S2/c1-14-8-9-16(30(27,28)24-10-3-2-4-11-24)13-17(14)20(25)22-23-21(26)19-12-15-6-5-7-18(15)29-19/h8-9,12-13H,2-7,10-11H2,1H3,(H,22,25)(H,23,26). The molecule has 1 aliphatic heterocycles. The summed E-state index contributed by atoms with van der Waals surface area (Å²) in [4.78, 5) is 27.0. The van der Waals surface area contributed by atoms with E-state index < -0.39 is 15.9 Å². The number of sulfonamides is 1. The van der Waals surface area contributed by atoms with Gasteiger partial charge in [-0.05, 0) is 68.4 Å². The summed E-state index contributed by atoms with van der Waals surface area (Å²) in [5.74, 6) is -0.905. The molecule has 2 amide bonds. The predicted octanol–water partition coefficient (Wildman–Crippen LogP) is 2.79. The number of benzene rings is 1. The number of hydrogen-bond acceptors (Lipinski definition) is 5. The lowest BCUT2D eigenvalue weighted by molar-refractivity contribution is 0.0848. The predicted molar refractivity (Wildman–Crippen MR) is 115 cm³/mol. The summed E-state index contributed by atoms with van der Waals surface area (Å²) in [5.41, 5.74) is 6.94. The van der Waals surface area contributed by atoms with Crippen molar-refractivity contribution in [2.75, 3.05) is 13.1 Å². The number of hydrogen-bond donors (Lipinski definition) is 2. The highest BCUT2D eigenvalue weighted by molar-refractivity contribution is 7.89. The maximum atomic E-state index is 12.9. The number of rotatable bonds is 4. The lowest BCUT2D eigenvalue weighted by atomic mass is 10.1. The number of hydrazine groups is 1. The zero-order valence-corrected chi connectivity index (χ0v) is 18.5. The smallest absolute Gasteiger partial charge is 0.267 e. The number of fused-ring (bicyclic) bond motifs is 1. The Morgan fingerprint density at radius 1 is 0.967 bits per heavy atom. The minimum Gasteiger partial charge on any atom is -0.267 e. The molecule has 0 radical (unpaired) electrons. The second-order valence-corrected chi connectivity index (χ2v) is 10.8. The van der Waals surface area contributed by atoms with Crippen LogP contribution in [0.5, 0.6) is 0 Å². The first-order valence-electron chi connectivity index (χ1n) is 10.2. The highest BCUT2D eigenvalue weighted by Crippen LogP contribution is 2.30. The van der Waals surface area contributed by atoms with Gasteiger partial charge < -0.3 is 0 Å². The van der Waals surface area contributed by atoms with Crippen LogP contribution in [0.25, 0.3) is 0 Å². The van der Waals surface area contributed by atoms with Crippen LogP contribution in [0.2, 0.25) is 0 Å². The van der Waals surface area contributed by atoms with Crippen molar-refractivity contribution in [3.05, 3.63) is 50.7 Å². The van der Waals surface area contributed by atoms with Crippen molar-refractivity contribution >= 4 is 33.2 Å². The second-order valence-electron chi connectivity index (χ2n) is 7.76. The van der Waals surface area contributed by atoms with Crippen LogP contribution in [0.15, 0.2) is 29.2 Å². The first-order valence-corrected chi connectivity index (χ1v) is 12.4. The van der Waals surface area contributed by atoms with E-state index in [2.05, 4.69) is 10.9 Å². The molecule has 0 bridgehead atoms. The molecular formula is C21H25N3O4S2. The molecule has 0 unspecified atom stereocenters. The van der Waals surface area contributed by atoms with Crippen LogP contribution in [0.3, 0.4) is 0 Å². The Balaban J connectivity index is 1.46. The topological polar surface area (TPSA) is 95.6 Å². The number of nitrogens with one attached hydrogen (secondary N) is 2. The molecule has 160 valence electrons. The number of thiophene rings is 1. The Morgan fingerprint density at radius 3 is 2.43 bits per heavy atom. The molecule has 9 heteroatoms. The van der Waals surface area contributed by atoms with Gasteiger partial charge >= 0.3 is 0 Å². The fraction of sp³-hybridized carbons (Fsp3) is 0.429. The number of carbonyl (C=O) groups is 2. The number of piperidine rings is 1. The van der Waals surface area contributed by atoms with Gasteiger partial charge in [-0.3, -0.25) is 20.4 Å². The summed E-state index contributed by atoms with van der Waals surface area (Å²) in [6.07, 6.45) is 5.82. The van der Waals surface area contributed by atoms with Gasteiger partial charge in [0.1, 0.15) is 0 Å². The van der Waals surface area contributed by atoms with E-state index in [1.165, 1.54) is 38.2 Å². The van der Waals surface area contributed by atoms with Crippen molar-refractivity contribution in [1.29, 1.82) is 0 Å². The lowest BCUT2D eigenvalue weighted by Crippen LogP contribution is -2.41. The Labute approximate surface area is 180 Å². The van der Waals surface area contributed by atoms with Gasteiger partial charge in [-0.2, -0.15) is 4.31 Å². The van der Waals surface area contributed by atoms with Crippen molar-refractivity contribution in [2.45, 2.75) is 50.3 Å². The van der Waals surface area contributed by atoms with Gasteiger partial charge in [0, 0.05) is 23.5 Å². The van der Waals surface area contributed by atoms with E-state index in [0.29, 0.717) is 23.5 Å². The zero-order valence-electron chi connectivity index (χ0n) is 16.9. The van der Waals surface area contributed by atoms with E-state index in [1.54, 1.807) is 13.0 Å². The quantitative estimate of drug-likeness (QED) is 0.705. The van der Waals surface area contributed by atoms with Gasteiger partial charge in [-0.15, -0.1) is 11.3 Å². The van der Waals surface area contributed by atoms with Gasteiger partial charge in [-0.25, -0.2) is 8.42 Å². The van der Waals surface area contributed by atoms with E-state index in [0.717, 1.165) is 38.5 Å².